The van der Waals surface area contributed by atoms with Gasteiger partial charge < -0.3 is 16.4 Å². The number of nitrogens with two attached hydrogens (primary N) is 1. The van der Waals surface area contributed by atoms with Gasteiger partial charge in [-0.15, -0.1) is 0 Å². The topological polar surface area (TPSA) is 67.9 Å². The van der Waals surface area contributed by atoms with E-state index in [0.717, 1.165) is 37.6 Å². The van der Waals surface area contributed by atoms with Gasteiger partial charge in [-0.3, -0.25) is 0 Å². The fourth-order valence-corrected chi connectivity index (χ4v) is 2.91. The number of rotatable bonds is 1. The lowest BCUT2D eigenvalue weighted by molar-refractivity contribution is 0.236. The van der Waals surface area contributed by atoms with Gasteiger partial charge in [-0.05, 0) is 38.3 Å². The van der Waals surface area contributed by atoms with Crippen molar-refractivity contribution in [2.75, 3.05) is 30.7 Å². The fraction of sp³-hybridized carbons (Fsp3) is 0.727. The second-order valence-corrected chi connectivity index (χ2v) is 4.78. The standard InChI is InChI=1S/C11H19N5/c12-9-7-15-16-10(3-5-14-11(9)16)8-2-1-4-13-6-8/h7-8,10,13-14H,1-6,12H2. The van der Waals surface area contributed by atoms with Crippen LogP contribution in [0.3, 0.4) is 0 Å². The zero-order valence-corrected chi connectivity index (χ0v) is 9.45. The van der Waals surface area contributed by atoms with E-state index < -0.39 is 0 Å². The van der Waals surface area contributed by atoms with Gasteiger partial charge in [0.05, 0.1) is 17.9 Å². The van der Waals surface area contributed by atoms with Crippen molar-refractivity contribution in [3.63, 3.8) is 0 Å². The van der Waals surface area contributed by atoms with E-state index in [4.69, 9.17) is 5.73 Å². The summed E-state index contributed by atoms with van der Waals surface area (Å²) in [7, 11) is 0. The summed E-state index contributed by atoms with van der Waals surface area (Å²) in [6.45, 7) is 3.29. The molecule has 4 N–H and O–H groups in total. The molecule has 2 aliphatic heterocycles. The van der Waals surface area contributed by atoms with Crippen molar-refractivity contribution in [3.8, 4) is 0 Å². The molecule has 2 atom stereocenters. The lowest BCUT2D eigenvalue weighted by Crippen LogP contribution is -2.38. The van der Waals surface area contributed by atoms with E-state index in [0.29, 0.717) is 12.0 Å². The van der Waals surface area contributed by atoms with E-state index in [1.807, 2.05) is 0 Å². The van der Waals surface area contributed by atoms with E-state index >= 15 is 0 Å². The minimum atomic E-state index is 0.515. The third-order valence-corrected chi connectivity index (χ3v) is 3.75. The van der Waals surface area contributed by atoms with Crippen molar-refractivity contribution >= 4 is 11.5 Å². The lowest BCUT2D eigenvalue weighted by Gasteiger charge is -2.34. The molecule has 16 heavy (non-hydrogen) atoms. The minimum Gasteiger partial charge on any atom is -0.394 e. The van der Waals surface area contributed by atoms with Gasteiger partial charge in [-0.1, -0.05) is 0 Å². The van der Waals surface area contributed by atoms with Crippen LogP contribution < -0.4 is 16.4 Å². The lowest BCUT2D eigenvalue weighted by atomic mass is 9.89. The van der Waals surface area contributed by atoms with Crippen molar-refractivity contribution in [2.24, 2.45) is 5.92 Å². The molecule has 1 saturated heterocycles. The third-order valence-electron chi connectivity index (χ3n) is 3.75. The van der Waals surface area contributed by atoms with Crippen molar-refractivity contribution in [2.45, 2.75) is 25.3 Å². The van der Waals surface area contributed by atoms with Gasteiger partial charge in [0.15, 0.2) is 0 Å². The molecule has 2 aliphatic rings. The predicted molar refractivity (Wildman–Crippen MR) is 64.4 cm³/mol. The second kappa shape index (κ2) is 3.97. The number of aromatic nitrogens is 2. The van der Waals surface area contributed by atoms with Gasteiger partial charge in [0.2, 0.25) is 0 Å². The van der Waals surface area contributed by atoms with Gasteiger partial charge in [0.1, 0.15) is 5.82 Å². The summed E-state index contributed by atoms with van der Waals surface area (Å²) in [5.74, 6) is 1.72. The molecule has 5 heteroatoms. The molecule has 1 aromatic heterocycles. The van der Waals surface area contributed by atoms with Gasteiger partial charge in [-0.2, -0.15) is 5.10 Å². The highest BCUT2D eigenvalue weighted by molar-refractivity contribution is 5.61. The van der Waals surface area contributed by atoms with Crippen LogP contribution in [0.25, 0.3) is 0 Å². The van der Waals surface area contributed by atoms with Crippen LogP contribution in [0.2, 0.25) is 0 Å². The number of fused-ring (bicyclic) bond motifs is 1. The van der Waals surface area contributed by atoms with Gasteiger partial charge in [-0.25, -0.2) is 4.68 Å². The molecule has 3 rings (SSSR count). The number of piperidine rings is 1. The number of nitrogens with one attached hydrogen (secondary N) is 2. The molecule has 0 amide bonds. The highest BCUT2D eigenvalue weighted by atomic mass is 15.4. The van der Waals surface area contributed by atoms with E-state index in [-0.39, 0.29) is 0 Å². The Bertz CT molecular complexity index is 366. The van der Waals surface area contributed by atoms with Gasteiger partial charge in [0.25, 0.3) is 0 Å². The van der Waals surface area contributed by atoms with Crippen molar-refractivity contribution in [1.82, 2.24) is 15.1 Å². The number of hydrogen-bond donors (Lipinski definition) is 3. The molecule has 0 aromatic carbocycles. The smallest absolute Gasteiger partial charge is 0.148 e. The van der Waals surface area contributed by atoms with Crippen LogP contribution in [-0.4, -0.2) is 29.4 Å². The van der Waals surface area contributed by atoms with Crippen LogP contribution in [-0.2, 0) is 0 Å². The first kappa shape index (κ1) is 9.96. The maximum absolute atomic E-state index is 5.89. The van der Waals surface area contributed by atoms with Crippen molar-refractivity contribution < 1.29 is 0 Å². The summed E-state index contributed by atoms with van der Waals surface area (Å²) in [4.78, 5) is 0. The molecule has 2 unspecified atom stereocenters. The first-order valence-electron chi connectivity index (χ1n) is 6.14. The highest BCUT2D eigenvalue weighted by Gasteiger charge is 2.30. The molecule has 1 fully saturated rings. The van der Waals surface area contributed by atoms with Crippen molar-refractivity contribution in [1.29, 1.82) is 0 Å². The molecule has 88 valence electrons. The first-order chi connectivity index (χ1) is 7.86. The van der Waals surface area contributed by atoms with Crippen LogP contribution in [0.15, 0.2) is 6.20 Å². The zero-order chi connectivity index (χ0) is 11.0. The second-order valence-electron chi connectivity index (χ2n) is 4.78. The van der Waals surface area contributed by atoms with Crippen LogP contribution in [0.5, 0.6) is 0 Å². The molecule has 0 radical (unpaired) electrons. The Balaban J connectivity index is 1.86. The SMILES string of the molecule is Nc1cnn2c1NCCC2C1CCCNC1. The average molecular weight is 221 g/mol. The predicted octanol–water partition coefficient (Wildman–Crippen LogP) is 0.822. The fourth-order valence-electron chi connectivity index (χ4n) is 2.91. The minimum absolute atomic E-state index is 0.515. The Morgan fingerprint density at radius 3 is 3.12 bits per heavy atom. The largest absolute Gasteiger partial charge is 0.394 e. The summed E-state index contributed by atoms with van der Waals surface area (Å²) in [5, 5.41) is 11.2. The highest BCUT2D eigenvalue weighted by Crippen LogP contribution is 2.34. The molecule has 0 aliphatic carbocycles. The maximum Gasteiger partial charge on any atom is 0.148 e. The van der Waals surface area contributed by atoms with Crippen LogP contribution in [0.1, 0.15) is 25.3 Å². The summed E-state index contributed by atoms with van der Waals surface area (Å²) < 4.78 is 2.09. The van der Waals surface area contributed by atoms with Crippen LogP contribution in [0, 0.1) is 5.92 Å². The number of nitrogens with zero attached hydrogens (tertiary/aromatic N) is 2. The Labute approximate surface area is 95.4 Å². The normalized spacial score (nSPS) is 29.5. The van der Waals surface area contributed by atoms with E-state index in [1.54, 1.807) is 6.20 Å². The van der Waals surface area contributed by atoms with Crippen LogP contribution in [0.4, 0.5) is 11.5 Å². The molecule has 3 heterocycles. The third kappa shape index (κ3) is 1.55. The first-order valence-corrected chi connectivity index (χ1v) is 6.14. The Kier molecular flexibility index (Phi) is 2.47. The molecule has 5 nitrogen and oxygen atoms in total. The quantitative estimate of drug-likeness (QED) is 0.657. The molecule has 0 bridgehead atoms. The summed E-state index contributed by atoms with van der Waals surface area (Å²) in [6, 6.07) is 0.515. The zero-order valence-electron chi connectivity index (χ0n) is 9.45. The summed E-state index contributed by atoms with van der Waals surface area (Å²) in [5.41, 5.74) is 6.66. The molecule has 0 saturated carbocycles. The molecular formula is C11H19N5. The maximum atomic E-state index is 5.89. The molecular weight excluding hydrogens is 202 g/mol. The number of hydrogen-bond acceptors (Lipinski definition) is 4. The number of nitrogen functional groups attached to an aromatic ring is 1. The number of anilines is 2. The summed E-state index contributed by atoms with van der Waals surface area (Å²) >= 11 is 0. The Hall–Kier alpha value is -1.23. The van der Waals surface area contributed by atoms with Gasteiger partial charge in [0, 0.05) is 6.54 Å². The molecule has 1 aromatic rings. The average Bonchev–Trinajstić information content (AvgIpc) is 2.73. The Morgan fingerprint density at radius 2 is 2.31 bits per heavy atom. The molecule has 0 spiro atoms. The van der Waals surface area contributed by atoms with Gasteiger partial charge >= 0.3 is 0 Å². The van der Waals surface area contributed by atoms with E-state index in [9.17, 15) is 0 Å². The van der Waals surface area contributed by atoms with E-state index in [2.05, 4.69) is 20.4 Å². The van der Waals surface area contributed by atoms with Crippen molar-refractivity contribution in [3.05, 3.63) is 6.20 Å². The van der Waals surface area contributed by atoms with Crippen LogP contribution >= 0.6 is 0 Å². The monoisotopic (exact) mass is 221 g/mol. The summed E-state index contributed by atoms with van der Waals surface area (Å²) in [6.07, 6.45) is 5.49. The Morgan fingerprint density at radius 1 is 1.38 bits per heavy atom. The van der Waals surface area contributed by atoms with E-state index in [1.165, 1.54) is 12.8 Å².